The van der Waals surface area contributed by atoms with Crippen LogP contribution in [0.3, 0.4) is 0 Å². The molecular formula is C9H6F6OS2. The van der Waals surface area contributed by atoms with Crippen molar-refractivity contribution in [3.8, 4) is 5.75 Å². The summed E-state index contributed by atoms with van der Waals surface area (Å²) < 4.78 is 74.5. The van der Waals surface area contributed by atoms with Gasteiger partial charge in [0, 0.05) is 4.90 Å². The number of hydrogen-bond acceptors (Lipinski definition) is 3. The first-order chi connectivity index (χ1) is 8.16. The molecule has 9 heteroatoms. The number of rotatable bonds is 4. The average Bonchev–Trinajstić information content (AvgIpc) is 2.16. The third-order valence-corrected chi connectivity index (χ3v) is 3.38. The Bertz CT molecular complexity index is 372. The van der Waals surface area contributed by atoms with Crippen LogP contribution in [-0.4, -0.2) is 17.0 Å². The zero-order chi connectivity index (χ0) is 13.8. The molecule has 0 bridgehead atoms. The Kier molecular flexibility index (Phi) is 5.09. The van der Waals surface area contributed by atoms with Gasteiger partial charge in [-0.3, -0.25) is 0 Å². The van der Waals surface area contributed by atoms with E-state index in [9.17, 15) is 26.3 Å². The number of ether oxygens (including phenoxy) is 1. The van der Waals surface area contributed by atoms with E-state index in [1.165, 1.54) is 12.1 Å². The Balaban J connectivity index is 2.46. The highest BCUT2D eigenvalue weighted by Gasteiger charge is 2.31. The Morgan fingerprint density at radius 2 is 1.50 bits per heavy atom. The van der Waals surface area contributed by atoms with Gasteiger partial charge in [0.1, 0.15) is 5.75 Å². The minimum Gasteiger partial charge on any atom is -0.406 e. The van der Waals surface area contributed by atoms with Gasteiger partial charge in [0.25, 0.3) is 0 Å². The summed E-state index contributed by atoms with van der Waals surface area (Å²) in [6, 6.07) is 4.63. The highest BCUT2D eigenvalue weighted by atomic mass is 32.2. The fraction of sp³-hybridized carbons (Fsp3) is 0.333. The van der Waals surface area contributed by atoms with Crippen LogP contribution in [0.25, 0.3) is 0 Å². The summed E-state index contributed by atoms with van der Waals surface area (Å²) in [6.07, 6.45) is -4.78. The quantitative estimate of drug-likeness (QED) is 0.445. The van der Waals surface area contributed by atoms with E-state index < -0.39 is 17.6 Å². The monoisotopic (exact) mass is 308 g/mol. The fourth-order valence-electron chi connectivity index (χ4n) is 0.902. The van der Waals surface area contributed by atoms with Crippen LogP contribution < -0.4 is 4.74 Å². The van der Waals surface area contributed by atoms with E-state index in [1.807, 2.05) is 0 Å². The zero-order valence-corrected chi connectivity index (χ0v) is 10.1. The first kappa shape index (κ1) is 15.4. The van der Waals surface area contributed by atoms with Crippen molar-refractivity contribution in [2.24, 2.45) is 0 Å². The van der Waals surface area contributed by atoms with Gasteiger partial charge in [0.05, 0.1) is 5.08 Å². The van der Waals surface area contributed by atoms with E-state index in [4.69, 9.17) is 0 Å². The zero-order valence-electron chi connectivity index (χ0n) is 8.51. The summed E-state index contributed by atoms with van der Waals surface area (Å²) in [6.45, 7) is 0. The van der Waals surface area contributed by atoms with Gasteiger partial charge in [0.15, 0.2) is 0 Å². The van der Waals surface area contributed by atoms with E-state index in [0.717, 1.165) is 23.9 Å². The third kappa shape index (κ3) is 6.90. The lowest BCUT2D eigenvalue weighted by atomic mass is 10.3. The predicted octanol–water partition coefficient (Wildman–Crippen LogP) is 4.89. The molecule has 0 atom stereocenters. The van der Waals surface area contributed by atoms with Crippen LogP contribution in [0.15, 0.2) is 29.2 Å². The van der Waals surface area contributed by atoms with E-state index in [0.29, 0.717) is 4.90 Å². The maximum Gasteiger partial charge on any atom is 0.573 e. The standard InChI is InChI=1S/C9H6F6OS2/c10-8(11,12)16-6-1-3-7(4-2-6)17-5-18-9(13,14)15/h1-4H,5H2. The molecule has 0 aromatic heterocycles. The van der Waals surface area contributed by atoms with Gasteiger partial charge in [-0.05, 0) is 36.0 Å². The van der Waals surface area contributed by atoms with Crippen LogP contribution in [0, 0.1) is 0 Å². The van der Waals surface area contributed by atoms with Crippen molar-refractivity contribution in [2.45, 2.75) is 16.8 Å². The smallest absolute Gasteiger partial charge is 0.406 e. The molecule has 0 saturated carbocycles. The minimum atomic E-state index is -4.78. The molecule has 0 spiro atoms. The largest absolute Gasteiger partial charge is 0.573 e. The van der Waals surface area contributed by atoms with Gasteiger partial charge >= 0.3 is 11.9 Å². The average molecular weight is 308 g/mol. The number of hydrogen-bond donors (Lipinski definition) is 0. The number of halogens is 6. The molecule has 0 fully saturated rings. The maximum absolute atomic E-state index is 11.8. The first-order valence-corrected chi connectivity index (χ1v) is 6.32. The lowest BCUT2D eigenvalue weighted by Crippen LogP contribution is -2.16. The molecule has 1 rings (SSSR count). The van der Waals surface area contributed by atoms with E-state index in [-0.39, 0.29) is 16.8 Å². The van der Waals surface area contributed by atoms with Gasteiger partial charge in [0.2, 0.25) is 0 Å². The van der Waals surface area contributed by atoms with Crippen LogP contribution in [-0.2, 0) is 0 Å². The molecule has 1 nitrogen and oxygen atoms in total. The summed E-state index contributed by atoms with van der Waals surface area (Å²) in [5.41, 5.74) is -4.31. The van der Waals surface area contributed by atoms with Crippen molar-refractivity contribution in [2.75, 3.05) is 5.08 Å². The second kappa shape index (κ2) is 5.96. The molecule has 0 aliphatic heterocycles. The third-order valence-electron chi connectivity index (χ3n) is 1.51. The molecular weight excluding hydrogens is 302 g/mol. The molecule has 18 heavy (non-hydrogen) atoms. The molecule has 1 aromatic rings. The Hall–Kier alpha value is -0.700. The van der Waals surface area contributed by atoms with Crippen LogP contribution in [0.4, 0.5) is 26.3 Å². The van der Waals surface area contributed by atoms with Crippen molar-refractivity contribution < 1.29 is 31.1 Å². The van der Waals surface area contributed by atoms with Gasteiger partial charge in [-0.2, -0.15) is 13.2 Å². The molecule has 0 heterocycles. The summed E-state index contributed by atoms with van der Waals surface area (Å²) in [7, 11) is 0. The summed E-state index contributed by atoms with van der Waals surface area (Å²) in [5.74, 6) is -0.407. The first-order valence-electron chi connectivity index (χ1n) is 4.35. The van der Waals surface area contributed by atoms with Crippen molar-refractivity contribution in [1.82, 2.24) is 0 Å². The molecule has 0 radical (unpaired) electrons. The minimum absolute atomic E-state index is 0.206. The molecule has 0 aliphatic rings. The lowest BCUT2D eigenvalue weighted by molar-refractivity contribution is -0.274. The van der Waals surface area contributed by atoms with Crippen molar-refractivity contribution in [1.29, 1.82) is 0 Å². The molecule has 0 N–H and O–H groups in total. The van der Waals surface area contributed by atoms with E-state index in [1.54, 1.807) is 0 Å². The molecule has 0 saturated heterocycles. The van der Waals surface area contributed by atoms with Crippen molar-refractivity contribution >= 4 is 23.5 Å². The lowest BCUT2D eigenvalue weighted by Gasteiger charge is -2.09. The molecule has 1 aromatic carbocycles. The van der Waals surface area contributed by atoms with Crippen LogP contribution >= 0.6 is 23.5 Å². The highest BCUT2D eigenvalue weighted by molar-refractivity contribution is 8.16. The van der Waals surface area contributed by atoms with Gasteiger partial charge in [-0.25, -0.2) is 0 Å². The van der Waals surface area contributed by atoms with Gasteiger partial charge in [-0.1, -0.05) is 0 Å². The Morgan fingerprint density at radius 3 is 1.94 bits per heavy atom. The fourth-order valence-corrected chi connectivity index (χ4v) is 2.54. The molecule has 0 amide bonds. The maximum atomic E-state index is 11.8. The van der Waals surface area contributed by atoms with Gasteiger partial charge < -0.3 is 4.74 Å². The molecule has 0 unspecified atom stereocenters. The number of alkyl halides is 6. The molecule has 0 aliphatic carbocycles. The predicted molar refractivity (Wildman–Crippen MR) is 57.5 cm³/mol. The second-order valence-corrected chi connectivity index (χ2v) is 5.33. The van der Waals surface area contributed by atoms with Crippen LogP contribution in [0.1, 0.15) is 0 Å². The van der Waals surface area contributed by atoms with E-state index in [2.05, 4.69) is 4.74 Å². The van der Waals surface area contributed by atoms with Crippen LogP contribution in [0.5, 0.6) is 5.75 Å². The normalized spacial score (nSPS) is 12.6. The number of benzene rings is 1. The highest BCUT2D eigenvalue weighted by Crippen LogP contribution is 2.35. The van der Waals surface area contributed by atoms with Crippen molar-refractivity contribution in [3.05, 3.63) is 24.3 Å². The van der Waals surface area contributed by atoms with Crippen molar-refractivity contribution in [3.63, 3.8) is 0 Å². The van der Waals surface area contributed by atoms with Gasteiger partial charge in [-0.15, -0.1) is 24.9 Å². The molecule has 102 valence electrons. The van der Waals surface area contributed by atoms with E-state index >= 15 is 0 Å². The topological polar surface area (TPSA) is 9.23 Å². The summed E-state index contributed by atoms with van der Waals surface area (Å²) in [4.78, 5) is 0.432. The van der Waals surface area contributed by atoms with Crippen LogP contribution in [0.2, 0.25) is 0 Å². The summed E-state index contributed by atoms with van der Waals surface area (Å²) in [5, 5.41) is -0.261. The summed E-state index contributed by atoms with van der Waals surface area (Å²) >= 11 is 0.674. The second-order valence-electron chi connectivity index (χ2n) is 2.87. The number of thioether (sulfide) groups is 2. The Labute approximate surface area is 107 Å². The Morgan fingerprint density at radius 1 is 0.944 bits per heavy atom. The SMILES string of the molecule is FC(F)(F)Oc1ccc(SCSC(F)(F)F)cc1.